The van der Waals surface area contributed by atoms with Crippen LogP contribution in [0.15, 0.2) is 78.5 Å². The standard InChI is InChI=1S/C24H21N3O3/c25-21-13-17(9-10-22(21)28)24(30)27-14-18(12-19-8-4-5-11-26-19)23(29)20(15-27)16-6-2-1-3-7-16/h1-13,20,28H,14-15,25H2. The van der Waals surface area contributed by atoms with Crippen molar-refractivity contribution < 1.29 is 14.7 Å². The number of aromatic nitrogens is 1. The summed E-state index contributed by atoms with van der Waals surface area (Å²) in [6.07, 6.45) is 3.40. The Morgan fingerprint density at radius 3 is 2.57 bits per heavy atom. The number of phenols is 1. The number of benzene rings is 2. The van der Waals surface area contributed by atoms with Crippen molar-refractivity contribution in [1.82, 2.24) is 9.88 Å². The third-order valence-electron chi connectivity index (χ3n) is 5.17. The van der Waals surface area contributed by atoms with Gasteiger partial charge >= 0.3 is 0 Å². The predicted molar refractivity (Wildman–Crippen MR) is 115 cm³/mol. The second kappa shape index (κ2) is 8.21. The smallest absolute Gasteiger partial charge is 0.254 e. The number of nitrogens with two attached hydrogens (primary N) is 1. The van der Waals surface area contributed by atoms with E-state index in [1.54, 1.807) is 17.2 Å². The Bertz CT molecular complexity index is 1110. The lowest BCUT2D eigenvalue weighted by molar-refractivity contribution is -0.118. The maximum Gasteiger partial charge on any atom is 0.254 e. The Hall–Kier alpha value is -3.93. The lowest BCUT2D eigenvalue weighted by Gasteiger charge is -2.34. The normalized spacial score (nSPS) is 17.9. The number of carbonyl (C=O) groups excluding carboxylic acids is 2. The zero-order chi connectivity index (χ0) is 21.1. The number of aromatic hydroxyl groups is 1. The number of nitrogen functional groups attached to an aromatic ring is 1. The second-order valence-electron chi connectivity index (χ2n) is 7.21. The molecule has 4 rings (SSSR count). The molecule has 2 aromatic carbocycles. The number of hydrogen-bond acceptors (Lipinski definition) is 5. The first-order valence-electron chi connectivity index (χ1n) is 9.61. The molecular formula is C24H21N3O3. The zero-order valence-corrected chi connectivity index (χ0v) is 16.2. The fourth-order valence-corrected chi connectivity index (χ4v) is 3.60. The maximum atomic E-state index is 13.2. The fourth-order valence-electron chi connectivity index (χ4n) is 3.60. The molecule has 30 heavy (non-hydrogen) atoms. The van der Waals surface area contributed by atoms with Crippen molar-refractivity contribution in [2.75, 3.05) is 18.8 Å². The van der Waals surface area contributed by atoms with E-state index in [0.29, 0.717) is 16.8 Å². The molecule has 1 atom stereocenters. The summed E-state index contributed by atoms with van der Waals surface area (Å²) in [7, 11) is 0. The van der Waals surface area contributed by atoms with Gasteiger partial charge in [-0.15, -0.1) is 0 Å². The van der Waals surface area contributed by atoms with E-state index < -0.39 is 5.92 Å². The van der Waals surface area contributed by atoms with Crippen LogP contribution in [-0.4, -0.2) is 39.8 Å². The van der Waals surface area contributed by atoms with Crippen molar-refractivity contribution in [3.8, 4) is 5.75 Å². The van der Waals surface area contributed by atoms with Crippen LogP contribution in [0.4, 0.5) is 5.69 Å². The Labute approximate surface area is 174 Å². The van der Waals surface area contributed by atoms with Crippen LogP contribution in [0.2, 0.25) is 0 Å². The first-order chi connectivity index (χ1) is 14.5. The van der Waals surface area contributed by atoms with E-state index >= 15 is 0 Å². The van der Waals surface area contributed by atoms with Crippen LogP contribution in [0.5, 0.6) is 5.75 Å². The lowest BCUT2D eigenvalue weighted by atomic mass is 9.85. The molecule has 3 N–H and O–H groups in total. The first kappa shape index (κ1) is 19.4. The number of phenolic OH excluding ortho intramolecular Hbond substituents is 1. The monoisotopic (exact) mass is 399 g/mol. The van der Waals surface area contributed by atoms with Gasteiger partial charge in [0.05, 0.1) is 17.3 Å². The SMILES string of the molecule is Nc1cc(C(=O)N2CC(=Cc3ccccn3)C(=O)C(c3ccccc3)C2)ccc1O. The van der Waals surface area contributed by atoms with Gasteiger partial charge in [0.1, 0.15) is 5.75 Å². The highest BCUT2D eigenvalue weighted by atomic mass is 16.3. The average molecular weight is 399 g/mol. The summed E-state index contributed by atoms with van der Waals surface area (Å²) in [6.45, 7) is 0.445. The highest BCUT2D eigenvalue weighted by molar-refractivity contribution is 6.07. The first-order valence-corrected chi connectivity index (χ1v) is 9.61. The number of rotatable bonds is 3. The fraction of sp³-hybridized carbons (Fsp3) is 0.125. The van der Waals surface area contributed by atoms with Crippen molar-refractivity contribution in [2.45, 2.75) is 5.92 Å². The minimum atomic E-state index is -0.465. The maximum absolute atomic E-state index is 13.2. The number of Topliss-reactive ketones (excluding diaryl/α,β-unsaturated/α-hetero) is 1. The molecule has 1 unspecified atom stereocenters. The van der Waals surface area contributed by atoms with Gasteiger partial charge in [-0.1, -0.05) is 36.4 Å². The Morgan fingerprint density at radius 2 is 1.87 bits per heavy atom. The van der Waals surface area contributed by atoms with Gasteiger partial charge in [-0.3, -0.25) is 14.6 Å². The zero-order valence-electron chi connectivity index (χ0n) is 16.2. The van der Waals surface area contributed by atoms with E-state index in [0.717, 1.165) is 5.56 Å². The molecule has 0 saturated carbocycles. The quantitative estimate of drug-likeness (QED) is 0.400. The Morgan fingerprint density at radius 1 is 1.10 bits per heavy atom. The van der Waals surface area contributed by atoms with Crippen molar-refractivity contribution >= 4 is 23.5 Å². The van der Waals surface area contributed by atoms with Crippen molar-refractivity contribution in [3.05, 3.63) is 95.3 Å². The molecule has 0 radical (unpaired) electrons. The Kier molecular flexibility index (Phi) is 5.30. The van der Waals surface area contributed by atoms with Crippen LogP contribution >= 0.6 is 0 Å². The molecule has 1 aromatic heterocycles. The number of amides is 1. The van der Waals surface area contributed by atoms with Crippen LogP contribution < -0.4 is 5.73 Å². The summed E-state index contributed by atoms with van der Waals surface area (Å²) < 4.78 is 0. The number of likely N-dealkylation sites (tertiary alicyclic amines) is 1. The molecule has 150 valence electrons. The van der Waals surface area contributed by atoms with Crippen molar-refractivity contribution in [2.24, 2.45) is 0 Å². The average Bonchev–Trinajstić information content (AvgIpc) is 2.78. The minimum Gasteiger partial charge on any atom is -0.506 e. The van der Waals surface area contributed by atoms with E-state index in [4.69, 9.17) is 5.73 Å². The van der Waals surface area contributed by atoms with Crippen LogP contribution in [0, 0.1) is 0 Å². The summed E-state index contributed by atoms with van der Waals surface area (Å²) in [6, 6.07) is 19.3. The van der Waals surface area contributed by atoms with Gasteiger partial charge in [-0.05, 0) is 42.0 Å². The summed E-state index contributed by atoms with van der Waals surface area (Å²) in [5.74, 6) is -0.797. The number of anilines is 1. The van der Waals surface area contributed by atoms with Crippen LogP contribution in [0.1, 0.15) is 27.5 Å². The number of carbonyl (C=O) groups is 2. The Balaban J connectivity index is 1.71. The number of piperidine rings is 1. The molecule has 3 aromatic rings. The van der Waals surface area contributed by atoms with E-state index in [9.17, 15) is 14.7 Å². The lowest BCUT2D eigenvalue weighted by Crippen LogP contribution is -2.44. The van der Waals surface area contributed by atoms with Gasteiger partial charge in [0, 0.05) is 30.4 Å². The molecule has 1 fully saturated rings. The van der Waals surface area contributed by atoms with Crippen LogP contribution in [0.3, 0.4) is 0 Å². The van der Waals surface area contributed by atoms with Gasteiger partial charge in [-0.2, -0.15) is 0 Å². The highest BCUT2D eigenvalue weighted by Crippen LogP contribution is 2.30. The molecule has 0 spiro atoms. The highest BCUT2D eigenvalue weighted by Gasteiger charge is 2.34. The topological polar surface area (TPSA) is 96.5 Å². The summed E-state index contributed by atoms with van der Waals surface area (Å²) in [4.78, 5) is 32.3. The van der Waals surface area contributed by atoms with E-state index in [-0.39, 0.29) is 36.2 Å². The van der Waals surface area contributed by atoms with Gasteiger partial charge in [0.25, 0.3) is 5.91 Å². The second-order valence-corrected chi connectivity index (χ2v) is 7.21. The molecule has 1 amide bonds. The van der Waals surface area contributed by atoms with Gasteiger partial charge in [0.2, 0.25) is 0 Å². The minimum absolute atomic E-state index is 0.0128. The van der Waals surface area contributed by atoms with E-state index in [2.05, 4.69) is 4.98 Å². The molecule has 6 heteroatoms. The molecule has 1 saturated heterocycles. The number of nitrogens with zero attached hydrogens (tertiary/aromatic N) is 2. The third-order valence-corrected chi connectivity index (χ3v) is 5.17. The molecule has 1 aliphatic rings. The molecule has 1 aliphatic heterocycles. The van der Waals surface area contributed by atoms with Crippen molar-refractivity contribution in [3.63, 3.8) is 0 Å². The molecule has 2 heterocycles. The van der Waals surface area contributed by atoms with E-state index in [1.165, 1.54) is 18.2 Å². The van der Waals surface area contributed by atoms with Crippen LogP contribution in [0.25, 0.3) is 6.08 Å². The van der Waals surface area contributed by atoms with Gasteiger partial charge in [-0.25, -0.2) is 0 Å². The summed E-state index contributed by atoms with van der Waals surface area (Å²) in [5, 5.41) is 9.66. The largest absolute Gasteiger partial charge is 0.506 e. The van der Waals surface area contributed by atoms with Crippen LogP contribution in [-0.2, 0) is 4.79 Å². The number of hydrogen-bond donors (Lipinski definition) is 2. The van der Waals surface area contributed by atoms with Gasteiger partial charge in [0.15, 0.2) is 5.78 Å². The molecule has 0 aliphatic carbocycles. The molecule has 6 nitrogen and oxygen atoms in total. The summed E-state index contributed by atoms with van der Waals surface area (Å²) >= 11 is 0. The molecular weight excluding hydrogens is 378 g/mol. The number of ketones is 1. The van der Waals surface area contributed by atoms with E-state index in [1.807, 2.05) is 48.5 Å². The third kappa shape index (κ3) is 3.93. The van der Waals surface area contributed by atoms with Crippen molar-refractivity contribution in [1.29, 1.82) is 0 Å². The predicted octanol–water partition coefficient (Wildman–Crippen LogP) is 3.26. The van der Waals surface area contributed by atoms with Gasteiger partial charge < -0.3 is 15.7 Å². The number of pyridine rings is 1. The summed E-state index contributed by atoms with van der Waals surface area (Å²) in [5.41, 5.74) is 8.31. The molecule has 0 bridgehead atoms.